The molecule has 20 heavy (non-hydrogen) atoms. The summed E-state index contributed by atoms with van der Waals surface area (Å²) in [4.78, 5) is 14.4. The first-order valence-corrected chi connectivity index (χ1v) is 7.85. The van der Waals surface area contributed by atoms with E-state index in [2.05, 4.69) is 15.3 Å². The highest BCUT2D eigenvalue weighted by atomic mass is 16.1. The summed E-state index contributed by atoms with van der Waals surface area (Å²) >= 11 is 0. The van der Waals surface area contributed by atoms with Crippen LogP contribution in [0.1, 0.15) is 32.1 Å². The van der Waals surface area contributed by atoms with Crippen molar-refractivity contribution < 1.29 is 0 Å². The van der Waals surface area contributed by atoms with Crippen molar-refractivity contribution in [3.63, 3.8) is 0 Å². The molecule has 2 fully saturated rings. The molecular formula is C15H24N4O. The van der Waals surface area contributed by atoms with Crippen molar-refractivity contribution in [1.29, 1.82) is 0 Å². The Morgan fingerprint density at radius 1 is 1.25 bits per heavy atom. The van der Waals surface area contributed by atoms with Crippen LogP contribution in [0.25, 0.3) is 0 Å². The Labute approximate surface area is 120 Å². The van der Waals surface area contributed by atoms with Crippen LogP contribution in [0.3, 0.4) is 0 Å². The van der Waals surface area contributed by atoms with Crippen LogP contribution < -0.4 is 10.9 Å². The second kappa shape index (κ2) is 6.39. The first-order valence-electron chi connectivity index (χ1n) is 7.85. The van der Waals surface area contributed by atoms with Crippen molar-refractivity contribution in [2.45, 2.75) is 38.6 Å². The summed E-state index contributed by atoms with van der Waals surface area (Å²) in [5.41, 5.74) is 0.866. The van der Waals surface area contributed by atoms with Crippen LogP contribution in [-0.2, 0) is 6.54 Å². The average molecular weight is 276 g/mol. The summed E-state index contributed by atoms with van der Waals surface area (Å²) in [6.45, 7) is 5.20. The molecule has 0 atom stereocenters. The number of aryl methyl sites for hydroxylation is 1. The molecule has 1 aromatic rings. The summed E-state index contributed by atoms with van der Waals surface area (Å²) in [5, 5.41) is 7.56. The Morgan fingerprint density at radius 2 is 2.05 bits per heavy atom. The van der Waals surface area contributed by atoms with Gasteiger partial charge in [-0.25, -0.2) is 4.68 Å². The van der Waals surface area contributed by atoms with Crippen LogP contribution in [0.15, 0.2) is 17.1 Å². The lowest BCUT2D eigenvalue weighted by atomic mass is 10.3. The lowest BCUT2D eigenvalue weighted by Gasteiger charge is -2.14. The molecule has 1 aliphatic heterocycles. The second-order valence-corrected chi connectivity index (χ2v) is 6.03. The van der Waals surface area contributed by atoms with Gasteiger partial charge in [0.15, 0.2) is 0 Å². The second-order valence-electron chi connectivity index (χ2n) is 6.03. The van der Waals surface area contributed by atoms with Crippen LogP contribution in [0, 0.1) is 5.92 Å². The Balaban J connectivity index is 1.46. The van der Waals surface area contributed by atoms with E-state index in [0.29, 0.717) is 0 Å². The van der Waals surface area contributed by atoms with Crippen molar-refractivity contribution in [1.82, 2.24) is 14.7 Å². The average Bonchev–Trinajstić information content (AvgIpc) is 3.14. The fourth-order valence-electron chi connectivity index (χ4n) is 2.73. The van der Waals surface area contributed by atoms with E-state index in [1.807, 2.05) is 0 Å². The van der Waals surface area contributed by atoms with Gasteiger partial charge in [0.05, 0.1) is 11.9 Å². The number of nitrogens with one attached hydrogen (secondary N) is 1. The van der Waals surface area contributed by atoms with Gasteiger partial charge in [0, 0.05) is 19.2 Å². The molecule has 1 aromatic heterocycles. The molecule has 0 aromatic carbocycles. The maximum absolute atomic E-state index is 12.0. The lowest BCUT2D eigenvalue weighted by molar-refractivity contribution is 0.320. The van der Waals surface area contributed by atoms with Gasteiger partial charge in [-0.05, 0) is 57.7 Å². The minimum Gasteiger partial charge on any atom is -0.383 e. The SMILES string of the molecule is O=c1cc(NCC2CC2)cnn1CCCN1CCCC1. The third-order valence-corrected chi connectivity index (χ3v) is 4.20. The summed E-state index contributed by atoms with van der Waals surface area (Å²) in [7, 11) is 0. The molecule has 0 unspecified atom stereocenters. The van der Waals surface area contributed by atoms with Crippen LogP contribution in [0.2, 0.25) is 0 Å². The molecule has 0 radical (unpaired) electrons. The Kier molecular flexibility index (Phi) is 4.35. The van der Waals surface area contributed by atoms with Gasteiger partial charge in [-0.1, -0.05) is 0 Å². The van der Waals surface area contributed by atoms with E-state index in [-0.39, 0.29) is 5.56 Å². The normalized spacial score (nSPS) is 19.4. The quantitative estimate of drug-likeness (QED) is 0.821. The van der Waals surface area contributed by atoms with Crippen molar-refractivity contribution >= 4 is 5.69 Å². The Hall–Kier alpha value is -1.36. The summed E-state index contributed by atoms with van der Waals surface area (Å²) < 4.78 is 1.58. The van der Waals surface area contributed by atoms with Gasteiger partial charge in [0.25, 0.3) is 5.56 Å². The highest BCUT2D eigenvalue weighted by Gasteiger charge is 2.20. The molecule has 1 saturated carbocycles. The maximum atomic E-state index is 12.0. The zero-order valence-electron chi connectivity index (χ0n) is 12.1. The smallest absolute Gasteiger partial charge is 0.268 e. The van der Waals surface area contributed by atoms with Crippen molar-refractivity contribution in [2.24, 2.45) is 5.92 Å². The zero-order valence-corrected chi connectivity index (χ0v) is 12.1. The predicted molar refractivity (Wildman–Crippen MR) is 80.0 cm³/mol. The topological polar surface area (TPSA) is 50.2 Å². The molecule has 1 aliphatic carbocycles. The minimum atomic E-state index is 0.00668. The van der Waals surface area contributed by atoms with Crippen LogP contribution in [0.5, 0.6) is 0 Å². The lowest BCUT2D eigenvalue weighted by Crippen LogP contribution is -2.26. The zero-order chi connectivity index (χ0) is 13.8. The largest absolute Gasteiger partial charge is 0.383 e. The highest BCUT2D eigenvalue weighted by Crippen LogP contribution is 2.28. The molecule has 0 spiro atoms. The molecule has 0 bridgehead atoms. The first-order chi connectivity index (χ1) is 9.81. The van der Waals surface area contributed by atoms with Gasteiger partial charge in [0.1, 0.15) is 0 Å². The molecule has 1 saturated heterocycles. The van der Waals surface area contributed by atoms with E-state index in [4.69, 9.17) is 0 Å². The summed E-state index contributed by atoms with van der Waals surface area (Å²) in [6.07, 6.45) is 8.04. The number of anilines is 1. The van der Waals surface area contributed by atoms with E-state index < -0.39 is 0 Å². The molecule has 2 heterocycles. The van der Waals surface area contributed by atoms with Crippen LogP contribution in [-0.4, -0.2) is 40.9 Å². The van der Waals surface area contributed by atoms with Crippen molar-refractivity contribution in [3.05, 3.63) is 22.6 Å². The number of hydrogen-bond donors (Lipinski definition) is 1. The van der Waals surface area contributed by atoms with Gasteiger partial charge >= 0.3 is 0 Å². The monoisotopic (exact) mass is 276 g/mol. The summed E-state index contributed by atoms with van der Waals surface area (Å²) in [5.74, 6) is 0.804. The van der Waals surface area contributed by atoms with E-state index in [1.165, 1.54) is 38.8 Å². The number of likely N-dealkylation sites (tertiary alicyclic amines) is 1. The van der Waals surface area contributed by atoms with Gasteiger partial charge in [-0.15, -0.1) is 0 Å². The molecule has 2 aliphatic rings. The van der Waals surface area contributed by atoms with Crippen molar-refractivity contribution in [2.75, 3.05) is 31.5 Å². The number of aromatic nitrogens is 2. The minimum absolute atomic E-state index is 0.00668. The van der Waals surface area contributed by atoms with E-state index in [9.17, 15) is 4.79 Å². The Bertz CT molecular complexity index is 489. The highest BCUT2D eigenvalue weighted by molar-refractivity contribution is 5.38. The third kappa shape index (κ3) is 3.82. The Morgan fingerprint density at radius 3 is 2.75 bits per heavy atom. The van der Waals surface area contributed by atoms with Crippen LogP contribution in [0.4, 0.5) is 5.69 Å². The fraction of sp³-hybridized carbons (Fsp3) is 0.733. The first kappa shape index (κ1) is 13.6. The fourth-order valence-corrected chi connectivity index (χ4v) is 2.73. The predicted octanol–water partition coefficient (Wildman–Crippen LogP) is 1.55. The maximum Gasteiger partial charge on any atom is 0.268 e. The van der Waals surface area contributed by atoms with Gasteiger partial charge < -0.3 is 10.2 Å². The van der Waals surface area contributed by atoms with E-state index in [0.717, 1.165) is 37.7 Å². The molecule has 3 rings (SSSR count). The van der Waals surface area contributed by atoms with Gasteiger partial charge in [0.2, 0.25) is 0 Å². The van der Waals surface area contributed by atoms with E-state index >= 15 is 0 Å². The molecule has 0 amide bonds. The third-order valence-electron chi connectivity index (χ3n) is 4.20. The molecule has 110 valence electrons. The van der Waals surface area contributed by atoms with Gasteiger partial charge in [-0.3, -0.25) is 4.79 Å². The number of nitrogens with zero attached hydrogens (tertiary/aromatic N) is 3. The molecule has 5 nitrogen and oxygen atoms in total. The van der Waals surface area contributed by atoms with Crippen LogP contribution >= 0.6 is 0 Å². The summed E-state index contributed by atoms with van der Waals surface area (Å²) in [6, 6.07) is 1.67. The molecule has 1 N–H and O–H groups in total. The number of rotatable bonds is 7. The number of hydrogen-bond acceptors (Lipinski definition) is 4. The van der Waals surface area contributed by atoms with Gasteiger partial charge in [-0.2, -0.15) is 5.10 Å². The molecule has 5 heteroatoms. The molecular weight excluding hydrogens is 252 g/mol. The van der Waals surface area contributed by atoms with Crippen molar-refractivity contribution in [3.8, 4) is 0 Å². The standard InChI is InChI=1S/C15H24N4O/c20-15-10-14(16-11-13-4-5-13)12-17-19(15)9-3-8-18-6-1-2-7-18/h10,12-13,16H,1-9,11H2. The van der Waals surface area contributed by atoms with E-state index in [1.54, 1.807) is 16.9 Å².